The third-order valence-corrected chi connectivity index (χ3v) is 6.87. The van der Waals surface area contributed by atoms with Crippen LogP contribution in [0.5, 0.6) is 0 Å². The van der Waals surface area contributed by atoms with E-state index in [9.17, 15) is 13.6 Å². The molecule has 3 heterocycles. The Bertz CT molecular complexity index is 1540. The molecule has 1 aliphatic rings. The normalized spacial score (nSPS) is 14.6. The summed E-state index contributed by atoms with van der Waals surface area (Å²) in [6, 6.07) is 14.6. The molecule has 2 aromatic heterocycles. The standard InChI is InChI=1S/C29H33F2N9O/c1-19-8-9-23(34-28(41)21-6-5-7-22(15-21)29(3,30)31)16-24(19)35-27-14-20(2)36-40(27)26-17-25(32-18-33-26)37-39-12-10-38(4)11-13-39/h5-9,14-18,35H,10-13H2,1-4H3,(H,34,41)(H,32,33,37). The van der Waals surface area contributed by atoms with E-state index in [1.54, 1.807) is 16.8 Å². The summed E-state index contributed by atoms with van der Waals surface area (Å²) in [6.07, 6.45) is 1.50. The first-order valence-corrected chi connectivity index (χ1v) is 13.3. The fourth-order valence-corrected chi connectivity index (χ4v) is 4.48. The molecule has 0 radical (unpaired) electrons. The highest BCUT2D eigenvalue weighted by Gasteiger charge is 2.25. The number of amides is 1. The second-order valence-corrected chi connectivity index (χ2v) is 10.3. The van der Waals surface area contributed by atoms with Crippen molar-refractivity contribution in [2.75, 3.05) is 49.3 Å². The maximum atomic E-state index is 13.8. The fourth-order valence-electron chi connectivity index (χ4n) is 4.48. The molecule has 0 unspecified atom stereocenters. The lowest BCUT2D eigenvalue weighted by Gasteiger charge is -2.32. The molecule has 4 aromatic rings. The molecular weight excluding hydrogens is 528 g/mol. The molecule has 3 N–H and O–H groups in total. The number of carbonyl (C=O) groups is 1. The molecule has 12 heteroatoms. The van der Waals surface area contributed by atoms with E-state index >= 15 is 0 Å². The predicted octanol–water partition coefficient (Wildman–Crippen LogP) is 4.96. The highest BCUT2D eigenvalue weighted by molar-refractivity contribution is 6.04. The Morgan fingerprint density at radius 2 is 1.76 bits per heavy atom. The zero-order valence-electron chi connectivity index (χ0n) is 23.4. The summed E-state index contributed by atoms with van der Waals surface area (Å²) in [4.78, 5) is 24.0. The molecule has 0 spiro atoms. The Morgan fingerprint density at radius 1 is 0.976 bits per heavy atom. The molecular formula is C29H33F2N9O. The van der Waals surface area contributed by atoms with Gasteiger partial charge in [0.2, 0.25) is 0 Å². The molecule has 0 saturated carbocycles. The maximum absolute atomic E-state index is 13.8. The molecule has 10 nitrogen and oxygen atoms in total. The number of aryl methyl sites for hydroxylation is 2. The van der Waals surface area contributed by atoms with Crippen molar-refractivity contribution in [1.82, 2.24) is 29.7 Å². The van der Waals surface area contributed by atoms with E-state index in [-0.39, 0.29) is 11.1 Å². The van der Waals surface area contributed by atoms with Crippen molar-refractivity contribution in [2.24, 2.45) is 0 Å². The van der Waals surface area contributed by atoms with Crippen molar-refractivity contribution in [2.45, 2.75) is 26.7 Å². The van der Waals surface area contributed by atoms with Gasteiger partial charge in [-0.3, -0.25) is 4.79 Å². The molecule has 0 atom stereocenters. The van der Waals surface area contributed by atoms with E-state index in [1.807, 2.05) is 32.0 Å². The van der Waals surface area contributed by atoms with Crippen LogP contribution in [0.2, 0.25) is 0 Å². The molecule has 41 heavy (non-hydrogen) atoms. The molecule has 5 rings (SSSR count). The van der Waals surface area contributed by atoms with Gasteiger partial charge in [-0.15, -0.1) is 0 Å². The third kappa shape index (κ3) is 6.84. The van der Waals surface area contributed by atoms with Gasteiger partial charge in [0, 0.05) is 67.7 Å². The second-order valence-electron chi connectivity index (χ2n) is 10.3. The van der Waals surface area contributed by atoms with Crippen LogP contribution in [-0.2, 0) is 5.92 Å². The van der Waals surface area contributed by atoms with E-state index < -0.39 is 11.8 Å². The number of alkyl halides is 2. The van der Waals surface area contributed by atoms with Crippen LogP contribution in [0.15, 0.2) is 60.9 Å². The average molecular weight is 562 g/mol. The van der Waals surface area contributed by atoms with E-state index in [1.165, 1.54) is 30.6 Å². The minimum atomic E-state index is -3.04. The van der Waals surface area contributed by atoms with Gasteiger partial charge in [-0.25, -0.2) is 23.8 Å². The van der Waals surface area contributed by atoms with Crippen LogP contribution in [0.1, 0.15) is 34.1 Å². The Balaban J connectivity index is 1.34. The summed E-state index contributed by atoms with van der Waals surface area (Å²) in [5.41, 5.74) is 6.26. The van der Waals surface area contributed by atoms with Crippen molar-refractivity contribution >= 4 is 28.9 Å². The van der Waals surface area contributed by atoms with Crippen molar-refractivity contribution < 1.29 is 13.6 Å². The Hall–Kier alpha value is -4.42. The van der Waals surface area contributed by atoms with E-state index in [0.717, 1.165) is 50.0 Å². The minimum absolute atomic E-state index is 0.151. The first kappa shape index (κ1) is 28.1. The maximum Gasteiger partial charge on any atom is 0.270 e. The molecule has 214 valence electrons. The number of hydrogen-bond donors (Lipinski definition) is 3. The number of carbonyl (C=O) groups excluding carboxylic acids is 1. The summed E-state index contributed by atoms with van der Waals surface area (Å²) in [5.74, 6) is -1.58. The number of rotatable bonds is 8. The van der Waals surface area contributed by atoms with Gasteiger partial charge in [0.05, 0.1) is 5.69 Å². The highest BCUT2D eigenvalue weighted by atomic mass is 19.3. The Morgan fingerprint density at radius 3 is 2.51 bits per heavy atom. The lowest BCUT2D eigenvalue weighted by atomic mass is 10.1. The zero-order valence-corrected chi connectivity index (χ0v) is 23.4. The van der Waals surface area contributed by atoms with Gasteiger partial charge >= 0.3 is 0 Å². The van der Waals surface area contributed by atoms with Crippen LogP contribution in [0.25, 0.3) is 5.82 Å². The van der Waals surface area contributed by atoms with Crippen molar-refractivity contribution in [3.63, 3.8) is 0 Å². The Labute approximate surface area is 237 Å². The van der Waals surface area contributed by atoms with Crippen LogP contribution >= 0.6 is 0 Å². The number of benzene rings is 2. The molecule has 1 aliphatic heterocycles. The Kier molecular flexibility index (Phi) is 7.95. The first-order valence-electron chi connectivity index (χ1n) is 13.3. The first-order chi connectivity index (χ1) is 19.5. The van der Waals surface area contributed by atoms with Crippen LogP contribution in [0.3, 0.4) is 0 Å². The fraction of sp³-hybridized carbons (Fsp3) is 0.310. The number of halogens is 2. The zero-order chi connectivity index (χ0) is 29.1. The van der Waals surface area contributed by atoms with Crippen LogP contribution < -0.4 is 16.1 Å². The van der Waals surface area contributed by atoms with Crippen LogP contribution in [0.4, 0.5) is 31.8 Å². The topological polar surface area (TPSA) is 103 Å². The molecule has 0 bridgehead atoms. The number of anilines is 4. The number of piperazine rings is 1. The number of likely N-dealkylation sites (N-methyl/N-ethyl adjacent to an activating group) is 1. The number of aromatic nitrogens is 4. The molecule has 1 fully saturated rings. The highest BCUT2D eigenvalue weighted by Crippen LogP contribution is 2.29. The van der Waals surface area contributed by atoms with Crippen molar-refractivity contribution in [3.05, 3.63) is 83.3 Å². The van der Waals surface area contributed by atoms with E-state index in [4.69, 9.17) is 0 Å². The number of nitrogens with one attached hydrogen (secondary N) is 3. The van der Waals surface area contributed by atoms with E-state index in [2.05, 4.69) is 48.1 Å². The summed E-state index contributed by atoms with van der Waals surface area (Å²) in [5, 5.41) is 13.0. The molecule has 1 saturated heterocycles. The summed E-state index contributed by atoms with van der Waals surface area (Å²) in [7, 11) is 2.11. The molecule has 1 amide bonds. The summed E-state index contributed by atoms with van der Waals surface area (Å²) < 4.78 is 29.2. The largest absolute Gasteiger partial charge is 0.340 e. The van der Waals surface area contributed by atoms with Crippen molar-refractivity contribution in [3.8, 4) is 5.82 Å². The van der Waals surface area contributed by atoms with E-state index in [0.29, 0.717) is 23.1 Å². The van der Waals surface area contributed by atoms with Crippen LogP contribution in [-0.4, -0.2) is 68.8 Å². The molecule has 2 aromatic carbocycles. The predicted molar refractivity (Wildman–Crippen MR) is 155 cm³/mol. The van der Waals surface area contributed by atoms with Gasteiger partial charge in [-0.1, -0.05) is 18.2 Å². The number of hydrogen-bond acceptors (Lipinski definition) is 8. The quantitative estimate of drug-likeness (QED) is 0.277. The second kappa shape index (κ2) is 11.6. The minimum Gasteiger partial charge on any atom is -0.340 e. The van der Waals surface area contributed by atoms with Gasteiger partial charge in [-0.05, 0) is 50.7 Å². The van der Waals surface area contributed by atoms with Gasteiger partial charge < -0.3 is 21.0 Å². The van der Waals surface area contributed by atoms with Gasteiger partial charge in [-0.2, -0.15) is 9.78 Å². The van der Waals surface area contributed by atoms with Gasteiger partial charge in [0.1, 0.15) is 18.0 Å². The lowest BCUT2D eigenvalue weighted by Crippen LogP contribution is -2.47. The van der Waals surface area contributed by atoms with Gasteiger partial charge in [0.25, 0.3) is 11.8 Å². The number of nitrogens with zero attached hydrogens (tertiary/aromatic N) is 6. The number of hydrazine groups is 1. The average Bonchev–Trinajstić information content (AvgIpc) is 3.31. The lowest BCUT2D eigenvalue weighted by molar-refractivity contribution is 0.0174. The van der Waals surface area contributed by atoms with Crippen molar-refractivity contribution in [1.29, 1.82) is 0 Å². The monoisotopic (exact) mass is 561 g/mol. The van der Waals surface area contributed by atoms with Crippen LogP contribution in [0, 0.1) is 13.8 Å². The summed E-state index contributed by atoms with van der Waals surface area (Å²) >= 11 is 0. The SMILES string of the molecule is Cc1cc(Nc2cc(NC(=O)c3cccc(C(C)(F)F)c3)ccc2C)n(-c2cc(NN3CCN(C)CC3)ncn2)n1. The molecule has 0 aliphatic carbocycles. The smallest absolute Gasteiger partial charge is 0.270 e. The summed E-state index contributed by atoms with van der Waals surface area (Å²) in [6.45, 7) is 8.34. The van der Waals surface area contributed by atoms with Gasteiger partial charge in [0.15, 0.2) is 5.82 Å². The third-order valence-electron chi connectivity index (χ3n) is 6.87.